The molecule has 0 aliphatic heterocycles. The maximum absolute atomic E-state index is 12.7. The summed E-state index contributed by atoms with van der Waals surface area (Å²) in [6, 6.07) is 6.46. The highest BCUT2D eigenvalue weighted by atomic mass is 16.2. The first-order valence-electron chi connectivity index (χ1n) is 8.84. The van der Waals surface area contributed by atoms with E-state index in [1.54, 1.807) is 19.2 Å². The summed E-state index contributed by atoms with van der Waals surface area (Å²) in [5, 5.41) is 5.62. The summed E-state index contributed by atoms with van der Waals surface area (Å²) < 4.78 is 0. The Bertz CT molecular complexity index is 645. The molecular formula is C20H31N3O3. The van der Waals surface area contributed by atoms with Crippen LogP contribution in [0.15, 0.2) is 24.3 Å². The molecule has 1 atom stereocenters. The van der Waals surface area contributed by atoms with E-state index in [1.165, 1.54) is 4.90 Å². The highest BCUT2D eigenvalue weighted by molar-refractivity contribution is 5.98. The lowest BCUT2D eigenvalue weighted by Crippen LogP contribution is -2.53. The van der Waals surface area contributed by atoms with Crippen LogP contribution in [0.2, 0.25) is 0 Å². The molecule has 2 N–H and O–H groups in total. The topological polar surface area (TPSA) is 78.5 Å². The molecule has 0 fully saturated rings. The Morgan fingerprint density at radius 2 is 1.62 bits per heavy atom. The predicted molar refractivity (Wildman–Crippen MR) is 103 cm³/mol. The normalized spacial score (nSPS) is 12.5. The van der Waals surface area contributed by atoms with Gasteiger partial charge in [-0.2, -0.15) is 0 Å². The molecule has 0 aromatic heterocycles. The monoisotopic (exact) mass is 361 g/mol. The number of benzene rings is 1. The van der Waals surface area contributed by atoms with Crippen molar-refractivity contribution in [2.24, 2.45) is 5.92 Å². The van der Waals surface area contributed by atoms with Gasteiger partial charge in [0.1, 0.15) is 6.04 Å². The van der Waals surface area contributed by atoms with Crippen molar-refractivity contribution < 1.29 is 14.4 Å². The van der Waals surface area contributed by atoms with E-state index in [9.17, 15) is 14.4 Å². The quantitative estimate of drug-likeness (QED) is 0.815. The first kappa shape index (κ1) is 21.7. The Balaban J connectivity index is 2.78. The van der Waals surface area contributed by atoms with Crippen molar-refractivity contribution in [3.05, 3.63) is 35.4 Å². The molecule has 1 aromatic rings. The van der Waals surface area contributed by atoms with Crippen molar-refractivity contribution in [1.82, 2.24) is 15.5 Å². The zero-order valence-electron chi connectivity index (χ0n) is 16.8. The predicted octanol–water partition coefficient (Wildman–Crippen LogP) is 2.12. The minimum absolute atomic E-state index is 0.0558. The van der Waals surface area contributed by atoms with Crippen molar-refractivity contribution in [1.29, 1.82) is 0 Å². The van der Waals surface area contributed by atoms with E-state index in [2.05, 4.69) is 10.6 Å². The second kappa shape index (κ2) is 8.83. The molecule has 144 valence electrons. The number of carbonyl (C=O) groups is 3. The molecule has 0 unspecified atom stereocenters. The highest BCUT2D eigenvalue weighted by Crippen LogP contribution is 2.09. The number of nitrogens with zero attached hydrogens (tertiary/aromatic N) is 1. The maximum atomic E-state index is 12.7. The molecule has 1 rings (SSSR count). The fourth-order valence-electron chi connectivity index (χ4n) is 2.43. The van der Waals surface area contributed by atoms with Gasteiger partial charge in [0.15, 0.2) is 0 Å². The zero-order chi connectivity index (χ0) is 20.1. The number of carbonyl (C=O) groups excluding carboxylic acids is 3. The van der Waals surface area contributed by atoms with Crippen LogP contribution in [0.4, 0.5) is 0 Å². The van der Waals surface area contributed by atoms with E-state index in [0.29, 0.717) is 5.56 Å². The second-order valence-electron chi connectivity index (χ2n) is 8.05. The molecule has 0 saturated carbocycles. The Kier molecular flexibility index (Phi) is 7.36. The average molecular weight is 361 g/mol. The molecule has 6 heteroatoms. The fraction of sp³-hybridized carbons (Fsp3) is 0.550. The number of rotatable bonds is 6. The molecule has 0 spiro atoms. The third kappa shape index (κ3) is 6.86. The molecule has 6 nitrogen and oxygen atoms in total. The number of hydrogen-bond donors (Lipinski definition) is 2. The second-order valence-corrected chi connectivity index (χ2v) is 8.05. The number of hydrogen-bond acceptors (Lipinski definition) is 3. The van der Waals surface area contributed by atoms with Crippen molar-refractivity contribution in [3.63, 3.8) is 0 Å². The summed E-state index contributed by atoms with van der Waals surface area (Å²) in [6.07, 6.45) is 0. The van der Waals surface area contributed by atoms with Gasteiger partial charge in [-0.05, 0) is 45.7 Å². The molecule has 1 aromatic carbocycles. The van der Waals surface area contributed by atoms with Gasteiger partial charge in [0.05, 0.1) is 6.54 Å². The van der Waals surface area contributed by atoms with E-state index in [-0.39, 0.29) is 35.7 Å². The van der Waals surface area contributed by atoms with Gasteiger partial charge in [0.25, 0.3) is 5.91 Å². The van der Waals surface area contributed by atoms with E-state index >= 15 is 0 Å². The van der Waals surface area contributed by atoms with Gasteiger partial charge in [-0.3, -0.25) is 14.4 Å². The average Bonchev–Trinajstić information content (AvgIpc) is 2.50. The molecule has 0 aliphatic carbocycles. The molecule has 26 heavy (non-hydrogen) atoms. The minimum Gasteiger partial charge on any atom is -0.350 e. The summed E-state index contributed by atoms with van der Waals surface area (Å²) in [4.78, 5) is 38.6. The first-order chi connectivity index (χ1) is 11.9. The SMILES string of the molecule is Cc1ccc(C(=O)N[C@H](C(=O)N(C)CC(=O)NC(C)(C)C)C(C)C)cc1. The lowest BCUT2D eigenvalue weighted by molar-refractivity contribution is -0.137. The molecule has 0 radical (unpaired) electrons. The molecule has 0 bridgehead atoms. The van der Waals surface area contributed by atoms with Crippen LogP contribution in [-0.4, -0.2) is 47.8 Å². The molecule has 0 heterocycles. The maximum Gasteiger partial charge on any atom is 0.251 e. The van der Waals surface area contributed by atoms with Gasteiger partial charge in [-0.25, -0.2) is 0 Å². The van der Waals surface area contributed by atoms with Crippen LogP contribution in [0.3, 0.4) is 0 Å². The van der Waals surface area contributed by atoms with E-state index in [1.807, 2.05) is 53.7 Å². The highest BCUT2D eigenvalue weighted by Gasteiger charge is 2.28. The molecular weight excluding hydrogens is 330 g/mol. The molecule has 3 amide bonds. The first-order valence-corrected chi connectivity index (χ1v) is 8.84. The van der Waals surface area contributed by atoms with Crippen LogP contribution >= 0.6 is 0 Å². The van der Waals surface area contributed by atoms with Gasteiger partial charge in [-0.15, -0.1) is 0 Å². The van der Waals surface area contributed by atoms with Crippen LogP contribution < -0.4 is 10.6 Å². The lowest BCUT2D eigenvalue weighted by Gasteiger charge is -2.28. The van der Waals surface area contributed by atoms with Crippen molar-refractivity contribution in [3.8, 4) is 0 Å². The molecule has 0 saturated heterocycles. The van der Waals surface area contributed by atoms with Crippen LogP contribution in [0.1, 0.15) is 50.5 Å². The summed E-state index contributed by atoms with van der Waals surface area (Å²) in [6.45, 7) is 11.3. The van der Waals surface area contributed by atoms with Gasteiger partial charge in [-0.1, -0.05) is 31.5 Å². The van der Waals surface area contributed by atoms with Crippen LogP contribution in [0, 0.1) is 12.8 Å². The summed E-state index contributed by atoms with van der Waals surface area (Å²) in [5.74, 6) is -0.931. The van der Waals surface area contributed by atoms with Crippen molar-refractivity contribution >= 4 is 17.7 Å². The van der Waals surface area contributed by atoms with E-state index in [4.69, 9.17) is 0 Å². The summed E-state index contributed by atoms with van der Waals surface area (Å²) in [5.41, 5.74) is 1.20. The van der Waals surface area contributed by atoms with E-state index < -0.39 is 6.04 Å². The molecule has 0 aliphatic rings. The van der Waals surface area contributed by atoms with Crippen LogP contribution in [0.25, 0.3) is 0 Å². The Morgan fingerprint density at radius 3 is 2.08 bits per heavy atom. The fourth-order valence-corrected chi connectivity index (χ4v) is 2.43. The van der Waals surface area contributed by atoms with Gasteiger partial charge < -0.3 is 15.5 Å². The minimum atomic E-state index is -0.698. The zero-order valence-corrected chi connectivity index (χ0v) is 16.8. The largest absolute Gasteiger partial charge is 0.350 e. The third-order valence-corrected chi connectivity index (χ3v) is 3.80. The summed E-state index contributed by atoms with van der Waals surface area (Å²) >= 11 is 0. The Labute approximate surface area is 156 Å². The van der Waals surface area contributed by atoms with Crippen molar-refractivity contribution in [2.75, 3.05) is 13.6 Å². The standard InChI is InChI=1S/C20H31N3O3/c1-13(2)17(21-18(25)15-10-8-14(3)9-11-15)19(26)23(7)12-16(24)22-20(4,5)6/h8-11,13,17H,12H2,1-7H3,(H,21,25)(H,22,24)/t17-/m0/s1. The lowest BCUT2D eigenvalue weighted by atomic mass is 10.0. The Hall–Kier alpha value is -2.37. The smallest absolute Gasteiger partial charge is 0.251 e. The van der Waals surface area contributed by atoms with E-state index in [0.717, 1.165) is 5.56 Å². The van der Waals surface area contributed by atoms with Crippen LogP contribution in [0.5, 0.6) is 0 Å². The Morgan fingerprint density at radius 1 is 1.08 bits per heavy atom. The number of likely N-dealkylation sites (N-methyl/N-ethyl adjacent to an activating group) is 1. The number of nitrogens with one attached hydrogen (secondary N) is 2. The summed E-state index contributed by atoms with van der Waals surface area (Å²) in [7, 11) is 1.57. The van der Waals surface area contributed by atoms with Gasteiger partial charge in [0, 0.05) is 18.2 Å². The van der Waals surface area contributed by atoms with Gasteiger partial charge >= 0.3 is 0 Å². The third-order valence-electron chi connectivity index (χ3n) is 3.80. The van der Waals surface area contributed by atoms with Gasteiger partial charge in [0.2, 0.25) is 11.8 Å². The number of aryl methyl sites for hydroxylation is 1. The van der Waals surface area contributed by atoms with Crippen molar-refractivity contribution in [2.45, 2.75) is 53.1 Å². The van der Waals surface area contributed by atoms with Crippen LogP contribution in [-0.2, 0) is 9.59 Å². The number of amides is 3.